The molecular formula is C44H75NO5. The summed E-state index contributed by atoms with van der Waals surface area (Å²) in [5, 5.41) is 23.4. The maximum absolute atomic E-state index is 13.0. The summed E-state index contributed by atoms with van der Waals surface area (Å²) < 4.78 is 5.81. The third kappa shape index (κ3) is 32.5. The molecule has 0 radical (unpaired) electrons. The number of esters is 1. The average molecular weight is 698 g/mol. The summed E-state index contributed by atoms with van der Waals surface area (Å²) in [5.74, 6) is -0.594. The first kappa shape index (κ1) is 47.3. The molecule has 3 atom stereocenters. The van der Waals surface area contributed by atoms with Crippen molar-refractivity contribution in [3.05, 3.63) is 72.9 Å². The van der Waals surface area contributed by atoms with Gasteiger partial charge in [0.1, 0.15) is 6.10 Å². The number of allylic oxidation sites excluding steroid dienone is 12. The molecule has 0 heterocycles. The lowest BCUT2D eigenvalue weighted by Crippen LogP contribution is -2.46. The summed E-state index contributed by atoms with van der Waals surface area (Å²) in [6, 6.07) is -0.719. The molecule has 6 nitrogen and oxygen atoms in total. The largest absolute Gasteiger partial charge is 0.462 e. The Morgan fingerprint density at radius 1 is 0.600 bits per heavy atom. The topological polar surface area (TPSA) is 95.9 Å². The number of unbranched alkanes of at least 4 members (excludes halogenated alkanes) is 14. The minimum Gasteiger partial charge on any atom is -0.462 e. The Morgan fingerprint density at radius 3 is 1.76 bits per heavy atom. The van der Waals surface area contributed by atoms with E-state index < -0.39 is 18.2 Å². The van der Waals surface area contributed by atoms with Crippen LogP contribution in [0, 0.1) is 0 Å². The molecular weight excluding hydrogens is 622 g/mol. The van der Waals surface area contributed by atoms with Crippen molar-refractivity contribution < 1.29 is 24.5 Å². The van der Waals surface area contributed by atoms with Crippen molar-refractivity contribution in [2.45, 2.75) is 187 Å². The molecule has 0 bridgehead atoms. The van der Waals surface area contributed by atoms with Crippen molar-refractivity contribution >= 4 is 11.9 Å². The molecule has 0 fully saturated rings. The Kier molecular flexibility index (Phi) is 35.5. The van der Waals surface area contributed by atoms with Crippen LogP contribution in [0.1, 0.15) is 168 Å². The van der Waals surface area contributed by atoms with Gasteiger partial charge in [-0.3, -0.25) is 9.59 Å². The normalized spacial score (nSPS) is 14.3. The monoisotopic (exact) mass is 698 g/mol. The number of carbonyl (C=O) groups is 2. The highest BCUT2D eigenvalue weighted by atomic mass is 16.5. The van der Waals surface area contributed by atoms with E-state index in [1.807, 2.05) is 54.7 Å². The second-order valence-corrected chi connectivity index (χ2v) is 13.4. The fourth-order valence-corrected chi connectivity index (χ4v) is 5.58. The van der Waals surface area contributed by atoms with E-state index in [0.29, 0.717) is 25.7 Å². The summed E-state index contributed by atoms with van der Waals surface area (Å²) >= 11 is 0. The number of hydrogen-bond acceptors (Lipinski definition) is 5. The third-order valence-electron chi connectivity index (χ3n) is 8.63. The molecule has 286 valence electrons. The van der Waals surface area contributed by atoms with Crippen molar-refractivity contribution in [2.24, 2.45) is 0 Å². The zero-order chi connectivity index (χ0) is 36.8. The van der Waals surface area contributed by atoms with Crippen molar-refractivity contribution in [1.82, 2.24) is 5.32 Å². The number of ether oxygens (including phenoxy) is 1. The van der Waals surface area contributed by atoms with Gasteiger partial charge < -0.3 is 20.3 Å². The van der Waals surface area contributed by atoms with Gasteiger partial charge in [0.15, 0.2) is 0 Å². The van der Waals surface area contributed by atoms with Crippen molar-refractivity contribution in [3.63, 3.8) is 0 Å². The molecule has 0 aromatic rings. The summed E-state index contributed by atoms with van der Waals surface area (Å²) in [7, 11) is 0. The van der Waals surface area contributed by atoms with Gasteiger partial charge in [-0.25, -0.2) is 0 Å². The van der Waals surface area contributed by atoms with E-state index in [1.165, 1.54) is 44.9 Å². The highest BCUT2D eigenvalue weighted by Crippen LogP contribution is 2.16. The number of rotatable bonds is 34. The van der Waals surface area contributed by atoms with Gasteiger partial charge in [-0.15, -0.1) is 0 Å². The van der Waals surface area contributed by atoms with E-state index in [4.69, 9.17) is 4.74 Å². The van der Waals surface area contributed by atoms with E-state index in [-0.39, 0.29) is 24.9 Å². The van der Waals surface area contributed by atoms with Gasteiger partial charge in [0, 0.05) is 6.42 Å². The second kappa shape index (κ2) is 37.6. The van der Waals surface area contributed by atoms with Gasteiger partial charge in [0.25, 0.3) is 0 Å². The zero-order valence-corrected chi connectivity index (χ0v) is 32.2. The number of nitrogens with one attached hydrogen (secondary N) is 1. The Hall–Kier alpha value is -2.70. The molecule has 0 aromatic carbocycles. The van der Waals surface area contributed by atoms with Crippen LogP contribution in [0.15, 0.2) is 72.9 Å². The molecule has 1 amide bonds. The Morgan fingerprint density at radius 2 is 1.14 bits per heavy atom. The minimum atomic E-state index is -0.802. The first-order valence-corrected chi connectivity index (χ1v) is 20.2. The van der Waals surface area contributed by atoms with Gasteiger partial charge in [0.2, 0.25) is 5.91 Å². The van der Waals surface area contributed by atoms with Crippen LogP contribution >= 0.6 is 0 Å². The number of aliphatic hydroxyl groups is 2. The Balaban J connectivity index is 4.71. The number of amides is 1. The Bertz CT molecular complexity index is 963. The van der Waals surface area contributed by atoms with Crippen LogP contribution in [0.25, 0.3) is 0 Å². The van der Waals surface area contributed by atoms with Crippen molar-refractivity contribution in [2.75, 3.05) is 6.61 Å². The van der Waals surface area contributed by atoms with Crippen LogP contribution in [0.2, 0.25) is 0 Å². The minimum absolute atomic E-state index is 0.0336. The van der Waals surface area contributed by atoms with Crippen LogP contribution in [-0.4, -0.2) is 46.9 Å². The summed E-state index contributed by atoms with van der Waals surface area (Å²) in [4.78, 5) is 25.7. The standard InChI is InChI=1S/C44H75NO5/c1-4-7-10-13-16-19-21-22-23-25-28-31-34-37-44(49)50-40(35-32-29-26-18-15-12-9-6-3)38-43(48)45-41(39-46)42(47)36-33-30-27-24-20-17-14-11-8-5-2/h7,10,12-13,15-16,19,21-23,25,28,40-42,46-47H,4-6,8-9,11,14,17-18,20,24,26-27,29-39H2,1-3H3,(H,45,48)/b10-7+,15-12-,16-13+,21-19-,23-22-,28-25+. The van der Waals surface area contributed by atoms with Crippen LogP contribution in [0.5, 0.6) is 0 Å². The van der Waals surface area contributed by atoms with Crippen LogP contribution in [0.4, 0.5) is 0 Å². The molecule has 6 heteroatoms. The van der Waals surface area contributed by atoms with Gasteiger partial charge in [0.05, 0.1) is 25.2 Å². The van der Waals surface area contributed by atoms with Crippen molar-refractivity contribution in [3.8, 4) is 0 Å². The maximum atomic E-state index is 13.0. The quantitative estimate of drug-likeness (QED) is 0.0269. The average Bonchev–Trinajstić information content (AvgIpc) is 3.10. The molecule has 0 aromatic heterocycles. The summed E-state index contributed by atoms with van der Waals surface area (Å²) in [5.41, 5.74) is 0. The fourth-order valence-electron chi connectivity index (χ4n) is 5.58. The predicted molar refractivity (Wildman–Crippen MR) is 213 cm³/mol. The van der Waals surface area contributed by atoms with Crippen LogP contribution in [0.3, 0.4) is 0 Å². The maximum Gasteiger partial charge on any atom is 0.306 e. The van der Waals surface area contributed by atoms with Crippen LogP contribution in [-0.2, 0) is 14.3 Å². The second-order valence-electron chi connectivity index (χ2n) is 13.4. The van der Waals surface area contributed by atoms with Crippen molar-refractivity contribution in [1.29, 1.82) is 0 Å². The molecule has 3 unspecified atom stereocenters. The van der Waals surface area contributed by atoms with E-state index in [0.717, 1.165) is 70.6 Å². The van der Waals surface area contributed by atoms with Gasteiger partial charge in [-0.2, -0.15) is 0 Å². The van der Waals surface area contributed by atoms with E-state index >= 15 is 0 Å². The third-order valence-corrected chi connectivity index (χ3v) is 8.63. The molecule has 0 saturated carbocycles. The molecule has 0 rings (SSSR count). The van der Waals surface area contributed by atoms with E-state index in [2.05, 4.69) is 44.3 Å². The molecule has 0 saturated heterocycles. The highest BCUT2D eigenvalue weighted by Gasteiger charge is 2.23. The molecule has 3 N–H and O–H groups in total. The molecule has 50 heavy (non-hydrogen) atoms. The smallest absolute Gasteiger partial charge is 0.306 e. The van der Waals surface area contributed by atoms with Gasteiger partial charge in [-0.1, -0.05) is 171 Å². The van der Waals surface area contributed by atoms with Gasteiger partial charge >= 0.3 is 5.97 Å². The molecule has 0 aliphatic heterocycles. The summed E-state index contributed by atoms with van der Waals surface area (Å²) in [6.45, 7) is 6.19. The lowest BCUT2D eigenvalue weighted by atomic mass is 10.0. The van der Waals surface area contributed by atoms with E-state index in [1.54, 1.807) is 0 Å². The first-order valence-electron chi connectivity index (χ1n) is 20.2. The number of carbonyl (C=O) groups excluding carboxylic acids is 2. The predicted octanol–water partition coefficient (Wildman–Crippen LogP) is 11.1. The van der Waals surface area contributed by atoms with E-state index in [9.17, 15) is 19.8 Å². The molecule has 0 aliphatic carbocycles. The molecule has 0 aliphatic rings. The number of hydrogen-bond donors (Lipinski definition) is 3. The number of aliphatic hydroxyl groups excluding tert-OH is 2. The Labute approximate surface area is 307 Å². The first-order chi connectivity index (χ1) is 24.5. The molecule has 0 spiro atoms. The lowest BCUT2D eigenvalue weighted by Gasteiger charge is -2.24. The summed E-state index contributed by atoms with van der Waals surface area (Å²) in [6.07, 6.45) is 45.5. The highest BCUT2D eigenvalue weighted by molar-refractivity contribution is 5.77. The fraction of sp³-hybridized carbons (Fsp3) is 0.682. The lowest BCUT2D eigenvalue weighted by molar-refractivity contribution is -0.151. The SMILES string of the molecule is CC/C=C/C=C/C=C\C=C/C=C/CCCC(=O)OC(CCCCC/C=C\CCC)CC(=O)NC(CO)C(O)CCCCCCCCCCCC. The zero-order valence-electron chi connectivity index (χ0n) is 32.2. The van der Waals surface area contributed by atoms with Gasteiger partial charge in [-0.05, 0) is 57.8 Å². The van der Waals surface area contributed by atoms with Crippen LogP contribution < -0.4 is 5.32 Å².